The fourth-order valence-corrected chi connectivity index (χ4v) is 2.02. The summed E-state index contributed by atoms with van der Waals surface area (Å²) in [5.41, 5.74) is 1.76. The molecule has 0 aliphatic heterocycles. The zero-order valence-corrected chi connectivity index (χ0v) is 9.26. The van der Waals surface area contributed by atoms with Gasteiger partial charge in [0.05, 0.1) is 0 Å². The van der Waals surface area contributed by atoms with Crippen LogP contribution in [-0.2, 0) is 0 Å². The van der Waals surface area contributed by atoms with Crippen LogP contribution < -0.4 is 0 Å². The number of benzene rings is 1. The highest BCUT2D eigenvalue weighted by molar-refractivity contribution is 5.97. The number of carbonyl (C=O) groups is 1. The molecule has 0 unspecified atom stereocenters. The van der Waals surface area contributed by atoms with Crippen LogP contribution in [0, 0.1) is 0 Å². The van der Waals surface area contributed by atoms with E-state index in [2.05, 4.69) is 4.57 Å². The Morgan fingerprint density at radius 2 is 2.19 bits per heavy atom. The lowest BCUT2D eigenvalue weighted by Gasteiger charge is -2.13. The maximum Gasteiger partial charge on any atom is 0.152 e. The molecule has 0 amide bonds. The maximum atomic E-state index is 11.0. The molecule has 1 atom stereocenters. The third-order valence-corrected chi connectivity index (χ3v) is 2.92. The summed E-state index contributed by atoms with van der Waals surface area (Å²) in [5.74, 6) is 0. The van der Waals surface area contributed by atoms with E-state index in [4.69, 9.17) is 5.11 Å². The Morgan fingerprint density at radius 3 is 2.88 bits per heavy atom. The van der Waals surface area contributed by atoms with Gasteiger partial charge in [-0.15, -0.1) is 0 Å². The number of nitrogens with zero attached hydrogens (tertiary/aromatic N) is 1. The molecule has 1 aromatic carbocycles. The maximum absolute atomic E-state index is 11.0. The Hall–Kier alpha value is -1.61. The molecule has 1 aromatic heterocycles. The van der Waals surface area contributed by atoms with Crippen LogP contribution in [0.15, 0.2) is 30.5 Å². The van der Waals surface area contributed by atoms with E-state index in [9.17, 15) is 4.79 Å². The van der Waals surface area contributed by atoms with Crippen LogP contribution in [0.25, 0.3) is 10.9 Å². The Labute approximate surface area is 94.3 Å². The van der Waals surface area contributed by atoms with Crippen molar-refractivity contribution in [2.45, 2.75) is 19.4 Å². The number of aliphatic hydroxyl groups is 1. The van der Waals surface area contributed by atoms with Crippen molar-refractivity contribution in [1.29, 1.82) is 0 Å². The van der Waals surface area contributed by atoms with E-state index in [1.165, 1.54) is 0 Å². The van der Waals surface area contributed by atoms with Gasteiger partial charge in [0.25, 0.3) is 0 Å². The normalized spacial score (nSPS) is 12.9. The molecule has 84 valence electrons. The van der Waals surface area contributed by atoms with Crippen LogP contribution >= 0.6 is 0 Å². The van der Waals surface area contributed by atoms with Gasteiger partial charge in [-0.2, -0.15) is 0 Å². The SMILES string of the molecule is C[C@H](CCO)n1cc(C=O)c2ccccc21. The third kappa shape index (κ3) is 1.74. The van der Waals surface area contributed by atoms with Crippen LogP contribution in [0.1, 0.15) is 29.7 Å². The van der Waals surface area contributed by atoms with Gasteiger partial charge < -0.3 is 9.67 Å². The van der Waals surface area contributed by atoms with Gasteiger partial charge in [-0.1, -0.05) is 18.2 Å². The predicted octanol–water partition coefficient (Wildman–Crippen LogP) is 2.40. The van der Waals surface area contributed by atoms with E-state index in [0.717, 1.165) is 17.2 Å². The first-order chi connectivity index (χ1) is 7.77. The minimum atomic E-state index is 0.157. The monoisotopic (exact) mass is 217 g/mol. The Morgan fingerprint density at radius 1 is 1.44 bits per heavy atom. The minimum absolute atomic E-state index is 0.157. The van der Waals surface area contributed by atoms with Crippen LogP contribution in [0.4, 0.5) is 0 Å². The average molecular weight is 217 g/mol. The minimum Gasteiger partial charge on any atom is -0.396 e. The molecule has 2 rings (SSSR count). The molecule has 2 aromatic rings. The molecular weight excluding hydrogens is 202 g/mol. The Kier molecular flexibility index (Phi) is 3.06. The number of para-hydroxylation sites is 1. The van der Waals surface area contributed by atoms with Gasteiger partial charge in [-0.25, -0.2) is 0 Å². The Bertz CT molecular complexity index is 502. The summed E-state index contributed by atoms with van der Waals surface area (Å²) < 4.78 is 2.05. The molecule has 1 heterocycles. The number of hydrogen-bond acceptors (Lipinski definition) is 2. The molecular formula is C13H15NO2. The predicted molar refractivity (Wildman–Crippen MR) is 63.7 cm³/mol. The fraction of sp³-hybridized carbons (Fsp3) is 0.308. The summed E-state index contributed by atoms with van der Waals surface area (Å²) in [4.78, 5) is 11.0. The zero-order chi connectivity index (χ0) is 11.5. The van der Waals surface area contributed by atoms with E-state index in [1.54, 1.807) is 0 Å². The molecule has 0 spiro atoms. The standard InChI is InChI=1S/C13H15NO2/c1-10(6-7-15)14-8-11(9-16)12-4-2-3-5-13(12)14/h2-5,8-10,15H,6-7H2,1H3/t10-/m1/s1. The molecule has 0 aliphatic carbocycles. The second-order valence-electron chi connectivity index (χ2n) is 3.99. The number of hydrogen-bond donors (Lipinski definition) is 1. The smallest absolute Gasteiger partial charge is 0.152 e. The lowest BCUT2D eigenvalue weighted by molar-refractivity contribution is 0.112. The highest BCUT2D eigenvalue weighted by Gasteiger charge is 2.11. The third-order valence-electron chi connectivity index (χ3n) is 2.92. The summed E-state index contributed by atoms with van der Waals surface area (Å²) in [6.45, 7) is 2.20. The highest BCUT2D eigenvalue weighted by Crippen LogP contribution is 2.24. The first-order valence-electron chi connectivity index (χ1n) is 5.43. The van der Waals surface area contributed by atoms with Gasteiger partial charge in [-0.05, 0) is 19.4 Å². The number of aromatic nitrogens is 1. The van der Waals surface area contributed by atoms with Crippen molar-refractivity contribution in [3.63, 3.8) is 0 Å². The summed E-state index contributed by atoms with van der Waals surface area (Å²) >= 11 is 0. The molecule has 1 N–H and O–H groups in total. The number of carbonyl (C=O) groups excluding carboxylic acids is 1. The van der Waals surface area contributed by atoms with E-state index >= 15 is 0 Å². The molecule has 3 nitrogen and oxygen atoms in total. The summed E-state index contributed by atoms with van der Waals surface area (Å²) in [7, 11) is 0. The fourth-order valence-electron chi connectivity index (χ4n) is 2.02. The largest absolute Gasteiger partial charge is 0.396 e. The van der Waals surface area contributed by atoms with E-state index in [-0.39, 0.29) is 12.6 Å². The molecule has 0 saturated heterocycles. The second-order valence-corrected chi connectivity index (χ2v) is 3.99. The topological polar surface area (TPSA) is 42.2 Å². The van der Waals surface area contributed by atoms with Gasteiger partial charge in [-0.3, -0.25) is 4.79 Å². The second kappa shape index (κ2) is 4.49. The van der Waals surface area contributed by atoms with Gasteiger partial charge in [0.15, 0.2) is 6.29 Å². The Balaban J connectivity index is 2.57. The number of fused-ring (bicyclic) bond motifs is 1. The van der Waals surface area contributed by atoms with Gasteiger partial charge in [0.2, 0.25) is 0 Å². The molecule has 3 heteroatoms. The molecule has 0 saturated carbocycles. The van der Waals surface area contributed by atoms with E-state index < -0.39 is 0 Å². The van der Waals surface area contributed by atoms with Crippen molar-refractivity contribution in [2.24, 2.45) is 0 Å². The van der Waals surface area contributed by atoms with Crippen LogP contribution in [-0.4, -0.2) is 22.6 Å². The summed E-state index contributed by atoms with van der Waals surface area (Å²) in [5, 5.41) is 9.93. The van der Waals surface area contributed by atoms with Crippen molar-refractivity contribution in [3.05, 3.63) is 36.0 Å². The van der Waals surface area contributed by atoms with Crippen molar-refractivity contribution in [2.75, 3.05) is 6.61 Å². The average Bonchev–Trinajstić information content (AvgIpc) is 2.68. The van der Waals surface area contributed by atoms with Gasteiger partial charge in [0.1, 0.15) is 0 Å². The van der Waals surface area contributed by atoms with Gasteiger partial charge >= 0.3 is 0 Å². The van der Waals surface area contributed by atoms with Crippen LogP contribution in [0.5, 0.6) is 0 Å². The quantitative estimate of drug-likeness (QED) is 0.799. The van der Waals surface area contributed by atoms with Crippen LogP contribution in [0.3, 0.4) is 0 Å². The van der Waals surface area contributed by atoms with E-state index in [1.807, 2.05) is 37.4 Å². The molecule has 0 radical (unpaired) electrons. The van der Waals surface area contributed by atoms with Crippen LogP contribution in [0.2, 0.25) is 0 Å². The number of aldehydes is 1. The number of rotatable bonds is 4. The summed E-state index contributed by atoms with van der Waals surface area (Å²) in [6, 6.07) is 8.02. The van der Waals surface area contributed by atoms with Crippen molar-refractivity contribution >= 4 is 17.2 Å². The van der Waals surface area contributed by atoms with E-state index in [0.29, 0.717) is 12.0 Å². The van der Waals surface area contributed by atoms with Crippen molar-refractivity contribution in [1.82, 2.24) is 4.57 Å². The summed E-state index contributed by atoms with van der Waals surface area (Å²) in [6.07, 6.45) is 3.43. The zero-order valence-electron chi connectivity index (χ0n) is 9.26. The first kappa shape index (κ1) is 10.9. The highest BCUT2D eigenvalue weighted by atomic mass is 16.3. The lowest BCUT2D eigenvalue weighted by Crippen LogP contribution is -2.05. The van der Waals surface area contributed by atoms with Crippen molar-refractivity contribution in [3.8, 4) is 0 Å². The lowest BCUT2D eigenvalue weighted by atomic mass is 10.2. The first-order valence-corrected chi connectivity index (χ1v) is 5.43. The van der Waals surface area contributed by atoms with Gasteiger partial charge in [0, 0.05) is 35.3 Å². The van der Waals surface area contributed by atoms with Crippen molar-refractivity contribution < 1.29 is 9.90 Å². The number of aliphatic hydroxyl groups excluding tert-OH is 1. The molecule has 0 bridgehead atoms. The molecule has 0 aliphatic rings. The molecule has 0 fully saturated rings. The molecule has 16 heavy (non-hydrogen) atoms.